The van der Waals surface area contributed by atoms with Crippen LogP contribution in [0.3, 0.4) is 0 Å². The number of carboxylic acids is 3. The summed E-state index contributed by atoms with van der Waals surface area (Å²) >= 11 is 3.86. The molecule has 7 N–H and O–H groups in total. The van der Waals surface area contributed by atoms with E-state index in [0.29, 0.717) is 6.42 Å². The number of nitrogens with one attached hydrogen (secondary N) is 2. The molecule has 31 heavy (non-hydrogen) atoms. The highest BCUT2D eigenvalue weighted by Gasteiger charge is 2.39. The Morgan fingerprint density at radius 3 is 2.13 bits per heavy atom. The van der Waals surface area contributed by atoms with Gasteiger partial charge in [-0.05, 0) is 19.3 Å². The molecule has 1 aliphatic rings. The summed E-state index contributed by atoms with van der Waals surface area (Å²) in [7, 11) is 0. The maximum atomic E-state index is 12.8. The van der Waals surface area contributed by atoms with Crippen LogP contribution in [-0.2, 0) is 28.8 Å². The summed E-state index contributed by atoms with van der Waals surface area (Å²) in [6.07, 6.45) is -1.09. The predicted octanol–water partition coefficient (Wildman–Crippen LogP) is -2.37. The van der Waals surface area contributed by atoms with Crippen molar-refractivity contribution in [2.24, 2.45) is 5.73 Å². The number of likely N-dealkylation sites (tertiary alicyclic amines) is 1. The van der Waals surface area contributed by atoms with Gasteiger partial charge in [-0.25, -0.2) is 4.79 Å². The van der Waals surface area contributed by atoms with Gasteiger partial charge in [-0.3, -0.25) is 24.0 Å². The molecular formula is C17H26N4O9S. The molecule has 0 aromatic heterocycles. The number of hydrogen-bond donors (Lipinski definition) is 7. The van der Waals surface area contributed by atoms with Crippen LogP contribution in [0.25, 0.3) is 0 Å². The van der Waals surface area contributed by atoms with E-state index in [1.165, 1.54) is 0 Å². The Bertz CT molecular complexity index is 732. The van der Waals surface area contributed by atoms with Crippen LogP contribution in [0, 0.1) is 0 Å². The van der Waals surface area contributed by atoms with Crippen LogP contribution in [0.15, 0.2) is 0 Å². The van der Waals surface area contributed by atoms with Gasteiger partial charge in [0, 0.05) is 18.7 Å². The van der Waals surface area contributed by atoms with Gasteiger partial charge in [0.05, 0.1) is 12.5 Å². The Kier molecular flexibility index (Phi) is 10.2. The number of carboxylic acid groups (broad SMARTS) is 3. The summed E-state index contributed by atoms with van der Waals surface area (Å²) in [5, 5.41) is 31.7. The van der Waals surface area contributed by atoms with Gasteiger partial charge in [0.2, 0.25) is 17.7 Å². The molecule has 174 valence electrons. The van der Waals surface area contributed by atoms with Gasteiger partial charge in [-0.15, -0.1) is 0 Å². The van der Waals surface area contributed by atoms with Gasteiger partial charge in [0.25, 0.3) is 0 Å². The molecule has 13 nitrogen and oxygen atoms in total. The minimum atomic E-state index is -1.60. The fourth-order valence-corrected chi connectivity index (χ4v) is 3.20. The van der Waals surface area contributed by atoms with Crippen molar-refractivity contribution in [2.75, 3.05) is 12.3 Å². The molecule has 0 bridgehead atoms. The quantitative estimate of drug-likeness (QED) is 0.153. The van der Waals surface area contributed by atoms with Gasteiger partial charge in [-0.1, -0.05) is 0 Å². The summed E-state index contributed by atoms with van der Waals surface area (Å²) < 4.78 is 0. The molecule has 1 rings (SSSR count). The van der Waals surface area contributed by atoms with Crippen molar-refractivity contribution in [3.8, 4) is 0 Å². The van der Waals surface area contributed by atoms with E-state index in [0.717, 1.165) is 4.90 Å². The maximum absolute atomic E-state index is 12.8. The van der Waals surface area contributed by atoms with E-state index in [4.69, 9.17) is 15.9 Å². The lowest BCUT2D eigenvalue weighted by molar-refractivity contribution is -0.150. The third-order valence-corrected chi connectivity index (χ3v) is 5.02. The van der Waals surface area contributed by atoms with E-state index in [-0.39, 0.29) is 25.1 Å². The molecule has 0 aliphatic carbocycles. The van der Waals surface area contributed by atoms with Crippen molar-refractivity contribution in [1.82, 2.24) is 15.5 Å². The van der Waals surface area contributed by atoms with Crippen molar-refractivity contribution in [3.05, 3.63) is 0 Å². The molecule has 0 aromatic rings. The SMILES string of the molecule is NC(CS)C(=O)NC(CCC(=O)O)C(=O)NC(CC(=O)O)C(=O)N1CCCC1C(=O)O. The van der Waals surface area contributed by atoms with Gasteiger partial charge in [0.1, 0.15) is 18.1 Å². The fourth-order valence-electron chi connectivity index (χ4n) is 3.03. The van der Waals surface area contributed by atoms with Crippen molar-refractivity contribution < 1.29 is 44.1 Å². The summed E-state index contributed by atoms with van der Waals surface area (Å²) in [4.78, 5) is 71.9. The van der Waals surface area contributed by atoms with Gasteiger partial charge in [0.15, 0.2) is 0 Å². The monoisotopic (exact) mass is 462 g/mol. The number of nitrogens with two attached hydrogens (primary N) is 1. The third-order valence-electron chi connectivity index (χ3n) is 4.63. The topological polar surface area (TPSA) is 216 Å². The molecule has 3 amide bonds. The van der Waals surface area contributed by atoms with Crippen LogP contribution in [0.5, 0.6) is 0 Å². The average Bonchev–Trinajstić information content (AvgIpc) is 3.18. The second-order valence-electron chi connectivity index (χ2n) is 6.97. The first-order chi connectivity index (χ1) is 14.5. The number of nitrogens with zero attached hydrogens (tertiary/aromatic N) is 1. The highest BCUT2D eigenvalue weighted by molar-refractivity contribution is 7.80. The Labute approximate surface area is 182 Å². The summed E-state index contributed by atoms with van der Waals surface area (Å²) in [5.74, 6) is -6.64. The molecule has 1 saturated heterocycles. The second kappa shape index (κ2) is 12.1. The zero-order chi connectivity index (χ0) is 23.7. The maximum Gasteiger partial charge on any atom is 0.326 e. The normalized spacial score (nSPS) is 18.5. The van der Waals surface area contributed by atoms with Gasteiger partial charge in [-0.2, -0.15) is 12.6 Å². The van der Waals surface area contributed by atoms with Crippen LogP contribution in [-0.4, -0.2) is 92.3 Å². The standard InChI is InChI=1S/C17H26N4O9S/c18-8(7-31)14(26)19-9(3-4-12(22)23)15(27)20-10(6-13(24)25)16(28)21-5-1-2-11(21)17(29)30/h8-11,31H,1-7,18H2,(H,19,26)(H,20,27)(H,22,23)(H,24,25)(H,29,30). The van der Waals surface area contributed by atoms with Gasteiger partial charge < -0.3 is 36.6 Å². The van der Waals surface area contributed by atoms with Crippen LogP contribution in [0.1, 0.15) is 32.1 Å². The molecule has 4 atom stereocenters. The van der Waals surface area contributed by atoms with Crippen molar-refractivity contribution in [1.29, 1.82) is 0 Å². The van der Waals surface area contributed by atoms with Crippen LogP contribution in [0.2, 0.25) is 0 Å². The Hall–Kier alpha value is -2.87. The highest BCUT2D eigenvalue weighted by Crippen LogP contribution is 2.19. The smallest absolute Gasteiger partial charge is 0.326 e. The minimum absolute atomic E-state index is 0.0508. The van der Waals surface area contributed by atoms with Gasteiger partial charge >= 0.3 is 17.9 Å². The molecule has 4 unspecified atom stereocenters. The molecule has 0 aromatic carbocycles. The fraction of sp³-hybridized carbons (Fsp3) is 0.647. The van der Waals surface area contributed by atoms with Crippen molar-refractivity contribution in [2.45, 2.75) is 56.3 Å². The lowest BCUT2D eigenvalue weighted by Crippen LogP contribution is -2.57. The van der Waals surface area contributed by atoms with E-state index >= 15 is 0 Å². The van der Waals surface area contributed by atoms with Crippen LogP contribution in [0.4, 0.5) is 0 Å². The van der Waals surface area contributed by atoms with E-state index in [2.05, 4.69) is 23.3 Å². The predicted molar refractivity (Wildman–Crippen MR) is 107 cm³/mol. The lowest BCUT2D eigenvalue weighted by atomic mass is 10.1. The number of amides is 3. The van der Waals surface area contributed by atoms with E-state index < -0.39 is 72.6 Å². The largest absolute Gasteiger partial charge is 0.481 e. The Morgan fingerprint density at radius 1 is 1.00 bits per heavy atom. The molecule has 14 heteroatoms. The zero-order valence-corrected chi connectivity index (χ0v) is 17.4. The number of thiol groups is 1. The number of carbonyl (C=O) groups is 6. The molecule has 0 saturated carbocycles. The zero-order valence-electron chi connectivity index (χ0n) is 16.5. The summed E-state index contributed by atoms with van der Waals surface area (Å²) in [6.45, 7) is 0.0811. The number of carbonyl (C=O) groups excluding carboxylic acids is 3. The summed E-state index contributed by atoms with van der Waals surface area (Å²) in [5.41, 5.74) is 5.53. The van der Waals surface area contributed by atoms with Crippen molar-refractivity contribution >= 4 is 48.3 Å². The molecule has 1 aliphatic heterocycles. The summed E-state index contributed by atoms with van der Waals surface area (Å²) in [6, 6.07) is -5.24. The lowest BCUT2D eigenvalue weighted by Gasteiger charge is -2.28. The number of hydrogen-bond acceptors (Lipinski definition) is 8. The molecule has 0 spiro atoms. The second-order valence-corrected chi connectivity index (χ2v) is 7.33. The molecule has 0 radical (unpaired) electrons. The molecular weight excluding hydrogens is 436 g/mol. The number of aliphatic carboxylic acids is 3. The highest BCUT2D eigenvalue weighted by atomic mass is 32.1. The van der Waals surface area contributed by atoms with Crippen LogP contribution < -0.4 is 16.4 Å². The van der Waals surface area contributed by atoms with E-state index in [1.54, 1.807) is 0 Å². The first-order valence-corrected chi connectivity index (χ1v) is 10.0. The first-order valence-electron chi connectivity index (χ1n) is 9.42. The van der Waals surface area contributed by atoms with Crippen LogP contribution >= 0.6 is 12.6 Å². The molecule has 1 heterocycles. The third kappa shape index (κ3) is 8.05. The number of rotatable bonds is 12. The van der Waals surface area contributed by atoms with Crippen molar-refractivity contribution in [3.63, 3.8) is 0 Å². The Balaban J connectivity index is 3.02. The minimum Gasteiger partial charge on any atom is -0.481 e. The Morgan fingerprint density at radius 2 is 1.61 bits per heavy atom. The molecule has 1 fully saturated rings. The van der Waals surface area contributed by atoms with E-state index in [1.807, 2.05) is 0 Å². The van der Waals surface area contributed by atoms with E-state index in [9.17, 15) is 33.9 Å². The first kappa shape index (κ1) is 26.2. The average molecular weight is 462 g/mol.